The van der Waals surface area contributed by atoms with Crippen LogP contribution in [-0.4, -0.2) is 94.2 Å². The van der Waals surface area contributed by atoms with E-state index in [9.17, 15) is 33.0 Å². The van der Waals surface area contributed by atoms with Gasteiger partial charge in [0.1, 0.15) is 23.0 Å². The van der Waals surface area contributed by atoms with E-state index < -0.39 is 51.5 Å². The van der Waals surface area contributed by atoms with Crippen molar-refractivity contribution in [1.82, 2.24) is 18.6 Å². The van der Waals surface area contributed by atoms with Crippen LogP contribution >= 0.6 is 11.3 Å². The van der Waals surface area contributed by atoms with Gasteiger partial charge in [0, 0.05) is 31.3 Å². The fraction of sp³-hybridized carbons (Fsp3) is 0.615. The van der Waals surface area contributed by atoms with E-state index in [0.29, 0.717) is 10.5 Å². The first-order valence-corrected chi connectivity index (χ1v) is 15.8. The van der Waals surface area contributed by atoms with E-state index in [1.54, 1.807) is 13.1 Å². The Morgan fingerprint density at radius 2 is 1.95 bits per heavy atom. The Kier molecular flexibility index (Phi) is 7.68. The Balaban J connectivity index is 1.52. The van der Waals surface area contributed by atoms with Gasteiger partial charge in [-0.2, -0.15) is 0 Å². The third kappa shape index (κ3) is 4.81. The maximum atomic E-state index is 13.1. The summed E-state index contributed by atoms with van der Waals surface area (Å²) >= 11 is 1.04. The number of thiazole rings is 1. The fourth-order valence-corrected chi connectivity index (χ4v) is 8.72. The molecule has 5 rings (SSSR count). The van der Waals surface area contributed by atoms with Crippen molar-refractivity contribution in [2.75, 3.05) is 20.7 Å². The highest BCUT2D eigenvalue weighted by Gasteiger charge is 2.66. The molecular weight excluding hydrogens is 576 g/mol. The highest BCUT2D eigenvalue weighted by molar-refractivity contribution is 7.89. The van der Waals surface area contributed by atoms with E-state index in [1.165, 1.54) is 36.6 Å². The average molecular weight is 611 g/mol. The van der Waals surface area contributed by atoms with Crippen molar-refractivity contribution in [1.29, 1.82) is 0 Å². The zero-order valence-corrected chi connectivity index (χ0v) is 24.9. The summed E-state index contributed by atoms with van der Waals surface area (Å²) in [5.74, 6) is -2.71. The first-order valence-electron chi connectivity index (χ1n) is 13.5. The first kappa shape index (κ1) is 29.5. The van der Waals surface area contributed by atoms with Gasteiger partial charge < -0.3 is 24.6 Å². The van der Waals surface area contributed by atoms with Gasteiger partial charge in [-0.05, 0) is 39.0 Å². The van der Waals surface area contributed by atoms with Gasteiger partial charge in [-0.1, -0.05) is 13.3 Å². The lowest BCUT2D eigenvalue weighted by Crippen LogP contribution is -2.66. The smallest absolute Gasteiger partial charge is 0.477 e. The van der Waals surface area contributed by atoms with E-state index in [0.717, 1.165) is 47.7 Å². The van der Waals surface area contributed by atoms with Crippen LogP contribution in [0.2, 0.25) is 0 Å². The van der Waals surface area contributed by atoms with Gasteiger partial charge in [0.2, 0.25) is 10.9 Å². The van der Waals surface area contributed by atoms with Crippen LogP contribution in [0.1, 0.15) is 57.2 Å². The van der Waals surface area contributed by atoms with Crippen molar-refractivity contribution in [3.05, 3.63) is 23.1 Å². The predicted molar refractivity (Wildman–Crippen MR) is 146 cm³/mol. The van der Waals surface area contributed by atoms with Crippen molar-refractivity contribution in [3.63, 3.8) is 0 Å². The summed E-state index contributed by atoms with van der Waals surface area (Å²) in [5, 5.41) is 20.6. The highest BCUT2D eigenvalue weighted by atomic mass is 32.2. The van der Waals surface area contributed by atoms with E-state index in [1.807, 2.05) is 0 Å². The molecule has 1 saturated carbocycles. The number of β-lactam (4-membered cyclic amide) rings is 1. The second kappa shape index (κ2) is 10.7. The standard InChI is InChI=1S/C26H34N4O9S2/c1-14(31)17-20-26(2,10-11-38-25(35)39-15-8-6-5-7-9-15)18(19(24(33)34)30(20)22(17)32)16-12-29-13-27-21(23(29)40-16)41(36,37)28(3)4/h12-15,17,20,31H,5-11H2,1-4H3,(H,33,34)/t14-,17-,20-,26?/m1/s1. The van der Waals surface area contributed by atoms with Crippen LogP contribution in [0.5, 0.6) is 0 Å². The number of imidazole rings is 1. The maximum Gasteiger partial charge on any atom is 0.508 e. The molecule has 41 heavy (non-hydrogen) atoms. The molecule has 2 N–H and O–H groups in total. The number of hydrogen-bond acceptors (Lipinski definition) is 10. The van der Waals surface area contributed by atoms with Crippen LogP contribution < -0.4 is 0 Å². The number of carbonyl (C=O) groups is 3. The van der Waals surface area contributed by atoms with Crippen molar-refractivity contribution in [2.24, 2.45) is 11.3 Å². The zero-order chi connectivity index (χ0) is 29.9. The fourth-order valence-electron chi connectivity index (χ4n) is 6.27. The summed E-state index contributed by atoms with van der Waals surface area (Å²) in [6.07, 6.45) is 5.65. The molecule has 4 atom stereocenters. The molecule has 0 bridgehead atoms. The minimum Gasteiger partial charge on any atom is -0.477 e. The van der Waals surface area contributed by atoms with Gasteiger partial charge >= 0.3 is 12.1 Å². The van der Waals surface area contributed by atoms with Crippen LogP contribution in [0.15, 0.2) is 23.2 Å². The van der Waals surface area contributed by atoms with E-state index in [4.69, 9.17) is 9.47 Å². The van der Waals surface area contributed by atoms with Crippen molar-refractivity contribution >= 4 is 49.8 Å². The number of ether oxygens (including phenoxy) is 2. The number of carboxylic acids is 1. The van der Waals surface area contributed by atoms with Crippen LogP contribution in [-0.2, 0) is 29.1 Å². The molecule has 2 aliphatic heterocycles. The number of aliphatic carboxylic acids is 1. The summed E-state index contributed by atoms with van der Waals surface area (Å²) in [6, 6.07) is -0.710. The molecule has 1 unspecified atom stereocenters. The Hall–Kier alpha value is -3.01. The van der Waals surface area contributed by atoms with Crippen LogP contribution in [0.3, 0.4) is 0 Å². The SMILES string of the molecule is C[C@@H](O)[C@H]1C(=O)N2C(C(=O)O)=C(c3cn4cnc(S(=O)(=O)N(C)C)c4s3)C(C)(CCOC(=O)OC3CCCCC3)[C@@H]12. The largest absolute Gasteiger partial charge is 0.508 e. The summed E-state index contributed by atoms with van der Waals surface area (Å²) in [5.41, 5.74) is -0.998. The Morgan fingerprint density at radius 1 is 1.27 bits per heavy atom. The minimum absolute atomic E-state index is 0.115. The average Bonchev–Trinajstić information content (AvgIpc) is 3.53. The quantitative estimate of drug-likeness (QED) is 0.318. The molecule has 15 heteroatoms. The van der Waals surface area contributed by atoms with Crippen LogP contribution in [0, 0.1) is 11.3 Å². The molecule has 13 nitrogen and oxygen atoms in total. The number of aliphatic hydroxyl groups is 1. The Morgan fingerprint density at radius 3 is 2.56 bits per heavy atom. The zero-order valence-electron chi connectivity index (χ0n) is 23.3. The van der Waals surface area contributed by atoms with E-state index in [2.05, 4.69) is 4.98 Å². The second-order valence-electron chi connectivity index (χ2n) is 11.2. The number of amides is 1. The van der Waals surface area contributed by atoms with Crippen LogP contribution in [0.25, 0.3) is 10.4 Å². The molecule has 1 amide bonds. The van der Waals surface area contributed by atoms with Gasteiger partial charge in [0.15, 0.2) is 0 Å². The molecule has 2 fully saturated rings. The summed E-state index contributed by atoms with van der Waals surface area (Å²) in [7, 11) is -1.11. The molecule has 1 aliphatic carbocycles. The molecule has 224 valence electrons. The van der Waals surface area contributed by atoms with E-state index in [-0.39, 0.29) is 34.7 Å². The van der Waals surface area contributed by atoms with Gasteiger partial charge in [-0.25, -0.2) is 27.3 Å². The molecule has 0 spiro atoms. The molecule has 4 heterocycles. The highest BCUT2D eigenvalue weighted by Crippen LogP contribution is 2.60. The summed E-state index contributed by atoms with van der Waals surface area (Å²) < 4.78 is 39.2. The lowest BCUT2D eigenvalue weighted by Gasteiger charge is -2.50. The predicted octanol–water partition coefficient (Wildman–Crippen LogP) is 2.55. The number of sulfonamides is 1. The molecule has 3 aliphatic rings. The molecule has 0 aromatic carbocycles. The van der Waals surface area contributed by atoms with E-state index >= 15 is 0 Å². The number of rotatable bonds is 9. The number of carboxylic acid groups (broad SMARTS) is 1. The number of fused-ring (bicyclic) bond motifs is 2. The third-order valence-corrected chi connectivity index (χ3v) is 11.4. The Bertz CT molecular complexity index is 1520. The Labute approximate surface area is 241 Å². The van der Waals surface area contributed by atoms with Crippen molar-refractivity contribution < 1.29 is 42.5 Å². The molecule has 1 saturated heterocycles. The van der Waals surface area contributed by atoms with Crippen LogP contribution in [0.4, 0.5) is 4.79 Å². The molecule has 2 aromatic heterocycles. The first-order chi connectivity index (χ1) is 19.3. The molecule has 0 radical (unpaired) electrons. The molecular formula is C26H34N4O9S2. The summed E-state index contributed by atoms with van der Waals surface area (Å²) in [6.45, 7) is 3.14. The number of hydrogen-bond donors (Lipinski definition) is 2. The minimum atomic E-state index is -3.89. The maximum absolute atomic E-state index is 13.1. The van der Waals surface area contributed by atoms with Gasteiger partial charge in [-0.3, -0.25) is 9.20 Å². The van der Waals surface area contributed by atoms with Gasteiger partial charge in [-0.15, -0.1) is 11.3 Å². The summed E-state index contributed by atoms with van der Waals surface area (Å²) in [4.78, 5) is 44.1. The topological polar surface area (TPSA) is 168 Å². The lowest BCUT2D eigenvalue weighted by molar-refractivity contribution is -0.167. The molecule has 2 aromatic rings. The normalized spacial score (nSPS) is 25.9. The number of carbonyl (C=O) groups excluding carboxylic acids is 2. The number of aliphatic hydroxyl groups excluding tert-OH is 1. The van der Waals surface area contributed by atoms with Gasteiger partial charge in [0.25, 0.3) is 10.0 Å². The lowest BCUT2D eigenvalue weighted by atomic mass is 9.66. The van der Waals surface area contributed by atoms with Crippen molar-refractivity contribution in [2.45, 2.75) is 75.6 Å². The van der Waals surface area contributed by atoms with Crippen molar-refractivity contribution in [3.8, 4) is 0 Å². The number of aromatic nitrogens is 2. The number of nitrogens with zero attached hydrogens (tertiary/aromatic N) is 4. The third-order valence-electron chi connectivity index (χ3n) is 8.37. The van der Waals surface area contributed by atoms with Gasteiger partial charge in [0.05, 0.1) is 29.5 Å². The second-order valence-corrected chi connectivity index (χ2v) is 14.3. The monoisotopic (exact) mass is 610 g/mol.